The van der Waals surface area contributed by atoms with Crippen LogP contribution in [0.25, 0.3) is 0 Å². The van der Waals surface area contributed by atoms with Gasteiger partial charge in [0.05, 0.1) is 17.6 Å². The van der Waals surface area contributed by atoms with Crippen LogP contribution in [0.1, 0.15) is 37.3 Å². The van der Waals surface area contributed by atoms with Crippen molar-refractivity contribution < 1.29 is 24.5 Å². The normalized spacial score (nSPS) is 38.0. The van der Waals surface area contributed by atoms with Crippen molar-refractivity contribution in [3.8, 4) is 11.5 Å². The smallest absolute Gasteiger partial charge is 0.317 e. The monoisotopic (exact) mass is 388 g/mol. The fraction of sp³-hybridized carbons (Fsp3) is 0.667. The summed E-state index contributed by atoms with van der Waals surface area (Å²) in [6.45, 7) is 3.50. The second-order valence-corrected chi connectivity index (χ2v) is 8.65. The standard InChI is InChI=1S/C21H28N2O5/c1-3-27-21-7-6-13(22-11-16(25)26)19-20(21)8-9-23(2)15(21)10-12-4-5-14(24)18(28-19)17(12)20/h4-5,13,15,19,22,24H,3,6-11H2,1-2H3,(H,25,26)/t13-,15-,19+,20+,21-/m1/s1. The zero-order valence-electron chi connectivity index (χ0n) is 16.4. The topological polar surface area (TPSA) is 91.3 Å². The van der Waals surface area contributed by atoms with Gasteiger partial charge in [0, 0.05) is 24.3 Å². The van der Waals surface area contributed by atoms with Gasteiger partial charge in [-0.15, -0.1) is 0 Å². The van der Waals surface area contributed by atoms with E-state index in [0.29, 0.717) is 12.4 Å². The van der Waals surface area contributed by atoms with E-state index in [4.69, 9.17) is 9.47 Å². The van der Waals surface area contributed by atoms with Gasteiger partial charge in [-0.2, -0.15) is 0 Å². The van der Waals surface area contributed by atoms with Crippen molar-refractivity contribution in [3.63, 3.8) is 0 Å². The molecule has 1 spiro atoms. The van der Waals surface area contributed by atoms with E-state index < -0.39 is 5.97 Å². The SMILES string of the molecule is CCO[C@@]12CC[C@@H](NCC(=O)O)[C@@H]3Oc4c(O)ccc5c4[C@@]31CCN(C)[C@@H]2C5. The number of aromatic hydroxyl groups is 1. The molecular formula is C21H28N2O5. The first-order valence-corrected chi connectivity index (χ1v) is 10.3. The number of nitrogens with zero attached hydrogens (tertiary/aromatic N) is 1. The largest absolute Gasteiger partial charge is 0.504 e. The van der Waals surface area contributed by atoms with Crippen LogP contribution in [0, 0.1) is 0 Å². The summed E-state index contributed by atoms with van der Waals surface area (Å²) in [4.78, 5) is 13.6. The highest BCUT2D eigenvalue weighted by molar-refractivity contribution is 5.69. The number of carboxylic acids is 1. The lowest BCUT2D eigenvalue weighted by Gasteiger charge is -2.65. The van der Waals surface area contributed by atoms with E-state index in [1.165, 1.54) is 5.56 Å². The summed E-state index contributed by atoms with van der Waals surface area (Å²) in [6.07, 6.45) is 3.14. The maximum absolute atomic E-state index is 11.2. The van der Waals surface area contributed by atoms with Crippen molar-refractivity contribution in [3.05, 3.63) is 23.3 Å². The fourth-order valence-corrected chi connectivity index (χ4v) is 6.70. The van der Waals surface area contributed by atoms with Crippen molar-refractivity contribution in [2.45, 2.75) is 61.8 Å². The average Bonchev–Trinajstić information content (AvgIpc) is 3.01. The van der Waals surface area contributed by atoms with Crippen LogP contribution in [0.4, 0.5) is 0 Å². The number of hydrogen-bond acceptors (Lipinski definition) is 6. The molecule has 1 saturated carbocycles. The van der Waals surface area contributed by atoms with E-state index in [9.17, 15) is 15.0 Å². The second-order valence-electron chi connectivity index (χ2n) is 8.65. The first-order valence-electron chi connectivity index (χ1n) is 10.3. The number of phenolic OH excluding ortho intramolecular Hbond substituents is 1. The predicted molar refractivity (Wildman–Crippen MR) is 102 cm³/mol. The molecule has 152 valence electrons. The maximum atomic E-state index is 11.2. The van der Waals surface area contributed by atoms with Crippen molar-refractivity contribution >= 4 is 5.97 Å². The molecule has 2 bridgehead atoms. The lowest BCUT2D eigenvalue weighted by atomic mass is 9.48. The molecular weight excluding hydrogens is 360 g/mol. The van der Waals surface area contributed by atoms with Crippen LogP contribution in [0.2, 0.25) is 0 Å². The highest BCUT2D eigenvalue weighted by atomic mass is 16.5. The highest BCUT2D eigenvalue weighted by Crippen LogP contribution is 2.66. The van der Waals surface area contributed by atoms with Gasteiger partial charge in [-0.1, -0.05) is 6.07 Å². The van der Waals surface area contributed by atoms with Gasteiger partial charge in [-0.05, 0) is 57.8 Å². The number of phenols is 1. The maximum Gasteiger partial charge on any atom is 0.317 e. The molecule has 1 saturated heterocycles. The van der Waals surface area contributed by atoms with Crippen molar-refractivity contribution in [1.29, 1.82) is 0 Å². The number of carbonyl (C=O) groups is 1. The predicted octanol–water partition coefficient (Wildman–Crippen LogP) is 1.26. The molecule has 5 rings (SSSR count). The Bertz CT molecular complexity index is 829. The molecule has 2 aliphatic heterocycles. The minimum atomic E-state index is -0.872. The molecule has 0 radical (unpaired) electrons. The Labute approximate surface area is 164 Å². The lowest BCUT2D eigenvalue weighted by Crippen LogP contribution is -2.78. The van der Waals surface area contributed by atoms with Gasteiger partial charge in [0.1, 0.15) is 6.10 Å². The number of likely N-dealkylation sites (tertiary alicyclic amines) is 1. The van der Waals surface area contributed by atoms with Gasteiger partial charge in [0.15, 0.2) is 11.5 Å². The fourth-order valence-electron chi connectivity index (χ4n) is 6.70. The van der Waals surface area contributed by atoms with Crippen molar-refractivity contribution in [2.75, 3.05) is 26.7 Å². The number of aliphatic carboxylic acids is 1. The number of likely N-dealkylation sites (N-methyl/N-ethyl adjacent to an activating group) is 1. The quantitative estimate of drug-likeness (QED) is 0.700. The molecule has 0 unspecified atom stereocenters. The average molecular weight is 388 g/mol. The molecule has 7 heteroatoms. The van der Waals surface area contributed by atoms with E-state index in [1.54, 1.807) is 6.07 Å². The van der Waals surface area contributed by atoms with Gasteiger partial charge in [-0.3, -0.25) is 4.79 Å². The van der Waals surface area contributed by atoms with Crippen LogP contribution in [-0.4, -0.2) is 71.6 Å². The highest BCUT2D eigenvalue weighted by Gasteiger charge is 2.73. The van der Waals surface area contributed by atoms with Gasteiger partial charge in [0.2, 0.25) is 0 Å². The first kappa shape index (κ1) is 18.2. The Balaban J connectivity index is 1.71. The van der Waals surface area contributed by atoms with Crippen molar-refractivity contribution in [1.82, 2.24) is 10.2 Å². The van der Waals surface area contributed by atoms with Crippen LogP contribution in [0.3, 0.4) is 0 Å². The van der Waals surface area contributed by atoms with Gasteiger partial charge >= 0.3 is 5.97 Å². The van der Waals surface area contributed by atoms with Crippen LogP contribution in [-0.2, 0) is 21.4 Å². The van der Waals surface area contributed by atoms with E-state index in [0.717, 1.165) is 37.8 Å². The molecule has 3 N–H and O–H groups in total. The molecule has 28 heavy (non-hydrogen) atoms. The van der Waals surface area contributed by atoms with Crippen LogP contribution < -0.4 is 10.1 Å². The zero-order valence-corrected chi connectivity index (χ0v) is 16.4. The third-order valence-electron chi connectivity index (χ3n) is 7.61. The second kappa shape index (κ2) is 6.08. The third kappa shape index (κ3) is 2.07. The Morgan fingerprint density at radius 2 is 2.25 bits per heavy atom. The van der Waals surface area contributed by atoms with Crippen LogP contribution in [0.5, 0.6) is 11.5 Å². The van der Waals surface area contributed by atoms with Crippen molar-refractivity contribution in [2.24, 2.45) is 0 Å². The van der Waals surface area contributed by atoms with Gasteiger partial charge in [-0.25, -0.2) is 0 Å². The van der Waals surface area contributed by atoms with E-state index in [2.05, 4.69) is 17.3 Å². The van der Waals surface area contributed by atoms with E-state index in [-0.39, 0.29) is 41.5 Å². The summed E-state index contributed by atoms with van der Waals surface area (Å²) in [5.41, 5.74) is 1.58. The first-order chi connectivity index (χ1) is 13.4. The molecule has 0 amide bonds. The molecule has 1 aromatic rings. The number of nitrogens with one attached hydrogen (secondary N) is 1. The Morgan fingerprint density at radius 3 is 3.00 bits per heavy atom. The number of ether oxygens (including phenoxy) is 2. The zero-order chi connectivity index (χ0) is 19.7. The number of piperidine rings is 1. The summed E-state index contributed by atoms with van der Waals surface area (Å²) in [5, 5.41) is 23.0. The summed E-state index contributed by atoms with van der Waals surface area (Å²) in [5.74, 6) is -0.121. The number of carboxylic acid groups (broad SMARTS) is 1. The van der Waals surface area contributed by atoms with E-state index >= 15 is 0 Å². The summed E-state index contributed by atoms with van der Waals surface area (Å²) >= 11 is 0. The number of rotatable bonds is 5. The summed E-state index contributed by atoms with van der Waals surface area (Å²) < 4.78 is 13.1. The molecule has 2 heterocycles. The molecule has 4 aliphatic rings. The molecule has 1 aromatic carbocycles. The Kier molecular flexibility index (Phi) is 3.96. The summed E-state index contributed by atoms with van der Waals surface area (Å²) in [7, 11) is 2.17. The minimum absolute atomic E-state index is 0.0912. The Hall–Kier alpha value is -1.83. The van der Waals surface area contributed by atoms with Crippen LogP contribution >= 0.6 is 0 Å². The molecule has 2 fully saturated rings. The molecule has 0 aromatic heterocycles. The van der Waals surface area contributed by atoms with Gasteiger partial charge < -0.3 is 29.9 Å². The molecule has 5 atom stereocenters. The summed E-state index contributed by atoms with van der Waals surface area (Å²) in [6, 6.07) is 3.91. The van der Waals surface area contributed by atoms with Gasteiger partial charge in [0.25, 0.3) is 0 Å². The lowest BCUT2D eigenvalue weighted by molar-refractivity contribution is -0.214. The van der Waals surface area contributed by atoms with Crippen LogP contribution in [0.15, 0.2) is 12.1 Å². The third-order valence-corrected chi connectivity index (χ3v) is 7.61. The Morgan fingerprint density at radius 1 is 1.43 bits per heavy atom. The number of benzene rings is 1. The minimum Gasteiger partial charge on any atom is -0.504 e. The molecule has 2 aliphatic carbocycles. The van der Waals surface area contributed by atoms with E-state index in [1.807, 2.05) is 13.0 Å². The number of hydrogen-bond donors (Lipinski definition) is 3. The molecule has 7 nitrogen and oxygen atoms in total.